The molecule has 21 heavy (non-hydrogen) atoms. The minimum Gasteiger partial charge on any atom is -0.478 e. The molecule has 0 unspecified atom stereocenters. The normalized spacial score (nSPS) is 11.4. The maximum absolute atomic E-state index is 11.7. The first-order valence-electron chi connectivity index (χ1n) is 6.01. The molecule has 0 bridgehead atoms. The molecule has 1 aromatic carbocycles. The predicted molar refractivity (Wildman–Crippen MR) is 79.4 cm³/mol. The molecule has 112 valence electrons. The molecule has 7 heteroatoms. The largest absolute Gasteiger partial charge is 0.478 e. The number of urea groups is 1. The van der Waals surface area contributed by atoms with Gasteiger partial charge in [0.05, 0.1) is 0 Å². The van der Waals surface area contributed by atoms with E-state index in [2.05, 4.69) is 5.32 Å². The van der Waals surface area contributed by atoms with E-state index in [9.17, 15) is 14.4 Å². The average Bonchev–Trinajstić information content (AvgIpc) is 2.40. The molecule has 6 nitrogen and oxygen atoms in total. The van der Waals surface area contributed by atoms with E-state index in [0.717, 1.165) is 5.56 Å². The van der Waals surface area contributed by atoms with Crippen LogP contribution in [0.3, 0.4) is 0 Å². The third kappa shape index (κ3) is 4.61. The number of nitrogens with one attached hydrogen (secondary N) is 2. The Kier molecular flexibility index (Phi) is 5.49. The van der Waals surface area contributed by atoms with Gasteiger partial charge < -0.3 is 10.4 Å². The Labute approximate surface area is 126 Å². The maximum atomic E-state index is 11.7. The van der Waals surface area contributed by atoms with Gasteiger partial charge in [0.15, 0.2) is 0 Å². The fraction of sp³-hybridized carbons (Fsp3) is 0.214. The first-order chi connectivity index (χ1) is 9.72. The Morgan fingerprint density at radius 3 is 2.29 bits per heavy atom. The van der Waals surface area contributed by atoms with Crippen molar-refractivity contribution in [3.05, 3.63) is 39.9 Å². The van der Waals surface area contributed by atoms with Gasteiger partial charge in [0, 0.05) is 21.9 Å². The zero-order chi connectivity index (χ0) is 16.2. The van der Waals surface area contributed by atoms with Crippen LogP contribution in [0, 0.1) is 6.92 Å². The third-order valence-electron chi connectivity index (χ3n) is 2.88. The molecule has 0 saturated heterocycles. The molecule has 0 aromatic heterocycles. The molecular formula is C14H15ClN2O4. The molecule has 0 aliphatic heterocycles. The number of aryl methyl sites for hydroxylation is 1. The highest BCUT2D eigenvalue weighted by molar-refractivity contribution is 6.31. The number of benzene rings is 1. The van der Waals surface area contributed by atoms with Crippen LogP contribution >= 0.6 is 11.6 Å². The summed E-state index contributed by atoms with van der Waals surface area (Å²) in [5.41, 5.74) is 1.11. The quantitative estimate of drug-likeness (QED) is 0.748. The third-order valence-corrected chi connectivity index (χ3v) is 3.29. The lowest BCUT2D eigenvalue weighted by molar-refractivity contribution is -0.133. The number of hydrogen-bond acceptors (Lipinski definition) is 3. The lowest BCUT2D eigenvalue weighted by Crippen LogP contribution is -2.35. The van der Waals surface area contributed by atoms with Crippen LogP contribution in [0.4, 0.5) is 10.5 Å². The van der Waals surface area contributed by atoms with Gasteiger partial charge in [-0.1, -0.05) is 17.7 Å². The second kappa shape index (κ2) is 6.90. The Bertz CT molecular complexity index is 638. The van der Waals surface area contributed by atoms with Crippen LogP contribution in [0.25, 0.3) is 0 Å². The van der Waals surface area contributed by atoms with E-state index in [-0.39, 0.29) is 11.1 Å². The lowest BCUT2D eigenvalue weighted by Gasteiger charge is -2.09. The van der Waals surface area contributed by atoms with E-state index in [1.54, 1.807) is 18.2 Å². The SMILES string of the molecule is CC(C(=O)O)=C(C)C(=O)NC(=O)Nc1ccc(C)c(Cl)c1. The molecule has 0 atom stereocenters. The van der Waals surface area contributed by atoms with E-state index in [1.165, 1.54) is 13.8 Å². The number of imide groups is 1. The molecule has 1 rings (SSSR count). The van der Waals surface area contributed by atoms with Gasteiger partial charge in [-0.2, -0.15) is 0 Å². The highest BCUT2D eigenvalue weighted by Gasteiger charge is 2.15. The van der Waals surface area contributed by atoms with Crippen molar-refractivity contribution >= 4 is 35.2 Å². The van der Waals surface area contributed by atoms with Crippen molar-refractivity contribution in [3.63, 3.8) is 0 Å². The molecule has 0 aliphatic rings. The van der Waals surface area contributed by atoms with E-state index < -0.39 is 17.9 Å². The lowest BCUT2D eigenvalue weighted by atomic mass is 10.1. The second-order valence-corrected chi connectivity index (χ2v) is 4.83. The van der Waals surface area contributed by atoms with Crippen LogP contribution in [0.1, 0.15) is 19.4 Å². The van der Waals surface area contributed by atoms with E-state index in [1.807, 2.05) is 12.2 Å². The Morgan fingerprint density at radius 2 is 1.76 bits per heavy atom. The van der Waals surface area contributed by atoms with Crippen molar-refractivity contribution in [1.82, 2.24) is 5.32 Å². The predicted octanol–water partition coefficient (Wildman–Crippen LogP) is 2.72. The molecule has 3 N–H and O–H groups in total. The minimum atomic E-state index is -1.21. The number of carbonyl (C=O) groups is 3. The van der Waals surface area contributed by atoms with Gasteiger partial charge in [-0.15, -0.1) is 0 Å². The molecule has 0 radical (unpaired) electrons. The van der Waals surface area contributed by atoms with Gasteiger partial charge in [0.25, 0.3) is 5.91 Å². The molecular weight excluding hydrogens is 296 g/mol. The van der Waals surface area contributed by atoms with E-state index in [0.29, 0.717) is 10.7 Å². The van der Waals surface area contributed by atoms with Crippen molar-refractivity contribution in [2.45, 2.75) is 20.8 Å². The van der Waals surface area contributed by atoms with Crippen molar-refractivity contribution < 1.29 is 19.5 Å². The summed E-state index contributed by atoms with van der Waals surface area (Å²) in [6.07, 6.45) is 0. The summed E-state index contributed by atoms with van der Waals surface area (Å²) in [7, 11) is 0. The Morgan fingerprint density at radius 1 is 1.14 bits per heavy atom. The first-order valence-corrected chi connectivity index (χ1v) is 6.39. The van der Waals surface area contributed by atoms with Gasteiger partial charge in [-0.3, -0.25) is 10.1 Å². The number of carboxylic acids is 1. The van der Waals surface area contributed by atoms with Crippen LogP contribution in [-0.2, 0) is 9.59 Å². The molecule has 3 amide bonds. The number of carboxylic acid groups (broad SMARTS) is 1. The Balaban J connectivity index is 2.74. The summed E-state index contributed by atoms with van der Waals surface area (Å²) < 4.78 is 0. The smallest absolute Gasteiger partial charge is 0.331 e. The highest BCUT2D eigenvalue weighted by Crippen LogP contribution is 2.19. The number of halogens is 1. The average molecular weight is 311 g/mol. The van der Waals surface area contributed by atoms with Crippen molar-refractivity contribution in [1.29, 1.82) is 0 Å². The summed E-state index contributed by atoms with van der Waals surface area (Å²) in [6, 6.07) is 4.14. The number of amides is 3. The van der Waals surface area contributed by atoms with Crippen molar-refractivity contribution in [2.75, 3.05) is 5.32 Å². The van der Waals surface area contributed by atoms with Gasteiger partial charge in [0.1, 0.15) is 0 Å². The summed E-state index contributed by atoms with van der Waals surface area (Å²) in [5, 5.41) is 13.7. The first kappa shape index (κ1) is 16.7. The molecule has 0 saturated carbocycles. The van der Waals surface area contributed by atoms with Gasteiger partial charge in [-0.25, -0.2) is 9.59 Å². The highest BCUT2D eigenvalue weighted by atomic mass is 35.5. The summed E-state index contributed by atoms with van der Waals surface area (Å²) in [6.45, 7) is 4.43. The summed E-state index contributed by atoms with van der Waals surface area (Å²) in [5.74, 6) is -1.99. The van der Waals surface area contributed by atoms with Gasteiger partial charge >= 0.3 is 12.0 Å². The molecule has 0 heterocycles. The fourth-order valence-corrected chi connectivity index (χ4v) is 1.54. The zero-order valence-corrected chi connectivity index (χ0v) is 12.5. The number of aliphatic carboxylic acids is 1. The molecule has 0 fully saturated rings. The maximum Gasteiger partial charge on any atom is 0.331 e. The monoisotopic (exact) mass is 310 g/mol. The van der Waals surface area contributed by atoms with Crippen LogP contribution in [-0.4, -0.2) is 23.0 Å². The van der Waals surface area contributed by atoms with Crippen LogP contribution in [0.2, 0.25) is 5.02 Å². The number of hydrogen-bond donors (Lipinski definition) is 3. The zero-order valence-electron chi connectivity index (χ0n) is 11.8. The Hall–Kier alpha value is -2.34. The number of carbonyl (C=O) groups excluding carboxylic acids is 2. The fourth-order valence-electron chi connectivity index (χ4n) is 1.36. The summed E-state index contributed by atoms with van der Waals surface area (Å²) in [4.78, 5) is 34.1. The van der Waals surface area contributed by atoms with Crippen LogP contribution < -0.4 is 10.6 Å². The van der Waals surface area contributed by atoms with Crippen LogP contribution in [0.5, 0.6) is 0 Å². The van der Waals surface area contributed by atoms with E-state index >= 15 is 0 Å². The summed E-state index contributed by atoms with van der Waals surface area (Å²) >= 11 is 5.92. The number of rotatable bonds is 3. The molecule has 1 aromatic rings. The van der Waals surface area contributed by atoms with Crippen molar-refractivity contribution in [3.8, 4) is 0 Å². The van der Waals surface area contributed by atoms with E-state index in [4.69, 9.17) is 16.7 Å². The van der Waals surface area contributed by atoms with Crippen molar-refractivity contribution in [2.24, 2.45) is 0 Å². The number of anilines is 1. The van der Waals surface area contributed by atoms with Gasteiger partial charge in [0.2, 0.25) is 0 Å². The molecule has 0 aliphatic carbocycles. The van der Waals surface area contributed by atoms with Gasteiger partial charge in [-0.05, 0) is 38.5 Å². The van der Waals surface area contributed by atoms with Crippen LogP contribution in [0.15, 0.2) is 29.3 Å². The topological polar surface area (TPSA) is 95.5 Å². The second-order valence-electron chi connectivity index (χ2n) is 4.43. The standard InChI is InChI=1S/C14H15ClN2O4/c1-7-4-5-10(6-11(7)15)16-14(21)17-12(18)8(2)9(3)13(19)20/h4-6H,1-3H3,(H,19,20)(H2,16,17,18,21). The molecule has 0 spiro atoms. The minimum absolute atomic E-state index is 0.0420.